The number of hydrogen-bond donors (Lipinski definition) is 2. The van der Waals surface area contributed by atoms with Crippen LogP contribution in [0.3, 0.4) is 0 Å². The molecule has 3 rings (SSSR count). The van der Waals surface area contributed by atoms with Crippen LogP contribution in [0.25, 0.3) is 0 Å². The molecule has 0 amide bonds. The SMILES string of the molecule is O[C@]12CCCC[C@H]1[C@H](c1c(Cl)cccc1Cl)NCC2. The average Bonchev–Trinajstić information content (AvgIpc) is 2.38. The highest BCUT2D eigenvalue weighted by molar-refractivity contribution is 6.36. The van der Waals surface area contributed by atoms with Gasteiger partial charge in [-0.25, -0.2) is 0 Å². The predicted molar refractivity (Wildman–Crippen MR) is 78.7 cm³/mol. The van der Waals surface area contributed by atoms with Crippen molar-refractivity contribution in [3.05, 3.63) is 33.8 Å². The highest BCUT2D eigenvalue weighted by Gasteiger charge is 2.46. The Kier molecular flexibility index (Phi) is 3.78. The monoisotopic (exact) mass is 299 g/mol. The minimum Gasteiger partial charge on any atom is -0.389 e. The maximum Gasteiger partial charge on any atom is 0.0706 e. The normalized spacial score (nSPS) is 34.9. The van der Waals surface area contributed by atoms with Crippen LogP contribution in [-0.4, -0.2) is 17.3 Å². The van der Waals surface area contributed by atoms with Gasteiger partial charge < -0.3 is 10.4 Å². The first-order chi connectivity index (χ1) is 9.12. The zero-order chi connectivity index (χ0) is 13.5. The molecule has 1 heterocycles. The van der Waals surface area contributed by atoms with E-state index in [-0.39, 0.29) is 12.0 Å². The van der Waals surface area contributed by atoms with E-state index in [0.29, 0.717) is 10.0 Å². The van der Waals surface area contributed by atoms with Gasteiger partial charge in [0.15, 0.2) is 0 Å². The standard InChI is InChI=1S/C15H19Cl2NO/c16-11-5-3-6-12(17)13(11)14-10-4-1-2-7-15(10,19)8-9-18-14/h3,5-6,10,14,18-19H,1-2,4,7-9H2/t10-,14+,15-/m0/s1. The van der Waals surface area contributed by atoms with E-state index in [1.807, 2.05) is 18.2 Å². The molecule has 19 heavy (non-hydrogen) atoms. The first kappa shape index (κ1) is 13.7. The molecule has 0 aromatic heterocycles. The number of fused-ring (bicyclic) bond motifs is 1. The predicted octanol–water partition coefficient (Wildman–Crippen LogP) is 3.95. The number of benzene rings is 1. The van der Waals surface area contributed by atoms with Crippen molar-refractivity contribution in [1.82, 2.24) is 5.32 Å². The fourth-order valence-corrected chi connectivity index (χ4v) is 4.37. The lowest BCUT2D eigenvalue weighted by atomic mass is 9.67. The van der Waals surface area contributed by atoms with Gasteiger partial charge in [-0.05, 0) is 37.9 Å². The Balaban J connectivity index is 1.99. The quantitative estimate of drug-likeness (QED) is 0.823. The van der Waals surface area contributed by atoms with Crippen LogP contribution in [0.5, 0.6) is 0 Å². The lowest BCUT2D eigenvalue weighted by molar-refractivity contribution is -0.0861. The van der Waals surface area contributed by atoms with Gasteiger partial charge >= 0.3 is 0 Å². The molecule has 0 radical (unpaired) electrons. The summed E-state index contributed by atoms with van der Waals surface area (Å²) in [6, 6.07) is 5.69. The van der Waals surface area contributed by atoms with E-state index in [1.165, 1.54) is 6.42 Å². The van der Waals surface area contributed by atoms with Crippen LogP contribution in [0.1, 0.15) is 43.7 Å². The summed E-state index contributed by atoms with van der Waals surface area (Å²) in [4.78, 5) is 0. The Bertz CT molecular complexity index is 455. The van der Waals surface area contributed by atoms with E-state index in [9.17, 15) is 5.11 Å². The molecule has 4 heteroatoms. The number of piperidine rings is 1. The molecular weight excluding hydrogens is 281 g/mol. The topological polar surface area (TPSA) is 32.3 Å². The Hall–Kier alpha value is -0.280. The molecule has 2 fully saturated rings. The second kappa shape index (κ2) is 5.25. The molecule has 1 saturated heterocycles. The van der Waals surface area contributed by atoms with Crippen molar-refractivity contribution in [2.24, 2.45) is 5.92 Å². The number of aliphatic hydroxyl groups is 1. The van der Waals surface area contributed by atoms with Crippen molar-refractivity contribution < 1.29 is 5.11 Å². The van der Waals surface area contributed by atoms with Gasteiger partial charge in [0, 0.05) is 27.6 Å². The molecule has 0 bridgehead atoms. The lowest BCUT2D eigenvalue weighted by Gasteiger charge is -2.48. The second-order valence-electron chi connectivity index (χ2n) is 5.77. The van der Waals surface area contributed by atoms with E-state index in [2.05, 4.69) is 5.32 Å². The van der Waals surface area contributed by atoms with Crippen molar-refractivity contribution in [2.75, 3.05) is 6.54 Å². The zero-order valence-corrected chi connectivity index (χ0v) is 12.3. The van der Waals surface area contributed by atoms with Gasteiger partial charge in [0.1, 0.15) is 0 Å². The molecular formula is C15H19Cl2NO. The van der Waals surface area contributed by atoms with Crippen molar-refractivity contribution in [1.29, 1.82) is 0 Å². The van der Waals surface area contributed by atoms with E-state index in [1.54, 1.807) is 0 Å². The average molecular weight is 300 g/mol. The summed E-state index contributed by atoms with van der Waals surface area (Å²) in [5.74, 6) is 0.215. The molecule has 2 aliphatic rings. The smallest absolute Gasteiger partial charge is 0.0706 e. The van der Waals surface area contributed by atoms with Crippen molar-refractivity contribution >= 4 is 23.2 Å². The molecule has 1 saturated carbocycles. The van der Waals surface area contributed by atoms with Crippen LogP contribution in [0, 0.1) is 5.92 Å². The van der Waals surface area contributed by atoms with Gasteiger partial charge in [0.25, 0.3) is 0 Å². The molecule has 3 atom stereocenters. The first-order valence-corrected chi connectivity index (χ1v) is 7.77. The summed E-state index contributed by atoms with van der Waals surface area (Å²) < 4.78 is 0. The van der Waals surface area contributed by atoms with E-state index >= 15 is 0 Å². The molecule has 0 spiro atoms. The summed E-state index contributed by atoms with van der Waals surface area (Å²) >= 11 is 12.7. The van der Waals surface area contributed by atoms with E-state index < -0.39 is 5.60 Å². The highest BCUT2D eigenvalue weighted by Crippen LogP contribution is 2.48. The summed E-state index contributed by atoms with van der Waals surface area (Å²) in [6.45, 7) is 0.819. The van der Waals surface area contributed by atoms with Crippen LogP contribution < -0.4 is 5.32 Å². The molecule has 1 aromatic rings. The number of halogens is 2. The third kappa shape index (κ3) is 2.40. The molecule has 2 nitrogen and oxygen atoms in total. The summed E-state index contributed by atoms with van der Waals surface area (Å²) in [5, 5.41) is 15.8. The van der Waals surface area contributed by atoms with E-state index in [4.69, 9.17) is 23.2 Å². The van der Waals surface area contributed by atoms with Gasteiger partial charge in [-0.15, -0.1) is 0 Å². The largest absolute Gasteiger partial charge is 0.389 e. The van der Waals surface area contributed by atoms with Crippen LogP contribution in [0.4, 0.5) is 0 Å². The summed E-state index contributed by atoms with van der Waals surface area (Å²) in [7, 11) is 0. The van der Waals surface area contributed by atoms with Crippen LogP contribution in [0.15, 0.2) is 18.2 Å². The molecule has 104 valence electrons. The lowest BCUT2D eigenvalue weighted by Crippen LogP contribution is -2.53. The second-order valence-corrected chi connectivity index (χ2v) is 6.59. The fourth-order valence-electron chi connectivity index (χ4n) is 3.73. The fraction of sp³-hybridized carbons (Fsp3) is 0.600. The van der Waals surface area contributed by atoms with Crippen molar-refractivity contribution in [2.45, 2.75) is 43.7 Å². The van der Waals surface area contributed by atoms with Gasteiger partial charge in [-0.3, -0.25) is 0 Å². The Morgan fingerprint density at radius 3 is 2.63 bits per heavy atom. The van der Waals surface area contributed by atoms with Crippen LogP contribution >= 0.6 is 23.2 Å². The maximum atomic E-state index is 10.9. The molecule has 2 N–H and O–H groups in total. The minimum absolute atomic E-state index is 0.0697. The van der Waals surface area contributed by atoms with Crippen LogP contribution in [0.2, 0.25) is 10.0 Å². The summed E-state index contributed by atoms with van der Waals surface area (Å²) in [6.07, 6.45) is 5.06. The third-order valence-corrected chi connectivity index (χ3v) is 5.36. The van der Waals surface area contributed by atoms with Gasteiger partial charge in [0.05, 0.1) is 5.60 Å². The number of hydrogen-bond acceptors (Lipinski definition) is 2. The molecule has 1 aliphatic heterocycles. The van der Waals surface area contributed by atoms with E-state index in [0.717, 1.165) is 37.8 Å². The first-order valence-electron chi connectivity index (χ1n) is 7.01. The number of rotatable bonds is 1. The molecule has 0 unspecified atom stereocenters. The Labute approximate surface area is 124 Å². The van der Waals surface area contributed by atoms with Gasteiger partial charge in [-0.1, -0.05) is 42.1 Å². The van der Waals surface area contributed by atoms with Gasteiger partial charge in [0.2, 0.25) is 0 Å². The van der Waals surface area contributed by atoms with Crippen LogP contribution in [-0.2, 0) is 0 Å². The third-order valence-electron chi connectivity index (χ3n) is 4.70. The summed E-state index contributed by atoms with van der Waals surface area (Å²) in [5.41, 5.74) is 0.410. The van der Waals surface area contributed by atoms with Crippen molar-refractivity contribution in [3.8, 4) is 0 Å². The van der Waals surface area contributed by atoms with Gasteiger partial charge in [-0.2, -0.15) is 0 Å². The molecule has 1 aliphatic carbocycles. The Morgan fingerprint density at radius 2 is 1.89 bits per heavy atom. The zero-order valence-electron chi connectivity index (χ0n) is 10.8. The molecule has 1 aromatic carbocycles. The minimum atomic E-state index is -0.545. The number of nitrogens with one attached hydrogen (secondary N) is 1. The Morgan fingerprint density at radius 1 is 1.16 bits per heavy atom. The van der Waals surface area contributed by atoms with Crippen molar-refractivity contribution in [3.63, 3.8) is 0 Å². The maximum absolute atomic E-state index is 10.9. The highest BCUT2D eigenvalue weighted by atomic mass is 35.5.